The molecule has 0 aliphatic carbocycles. The highest BCUT2D eigenvalue weighted by Gasteiger charge is 2.21. The highest BCUT2D eigenvalue weighted by molar-refractivity contribution is 14.0. The molecule has 0 spiro atoms. The van der Waals surface area contributed by atoms with Gasteiger partial charge >= 0.3 is 0 Å². The lowest BCUT2D eigenvalue weighted by molar-refractivity contribution is -0.119. The molecule has 1 amide bonds. The standard InChI is InChI=1S/C22H35N5O.HI/c1-17(2)26-14-11-19(12-15-26)25-22(23-3)24-16-18-7-9-20(10-8-18)27-13-5-4-6-21(27)28;/h7-10,17,19H,4-6,11-16H2,1-3H3,(H2,23,24,25);1H. The van der Waals surface area contributed by atoms with Crippen molar-refractivity contribution in [2.75, 3.05) is 31.6 Å². The van der Waals surface area contributed by atoms with Crippen LogP contribution in [0.4, 0.5) is 5.69 Å². The summed E-state index contributed by atoms with van der Waals surface area (Å²) in [6, 6.07) is 9.41. The third-order valence-corrected chi connectivity index (χ3v) is 5.86. The van der Waals surface area contributed by atoms with Crippen molar-refractivity contribution >= 4 is 41.5 Å². The zero-order valence-electron chi connectivity index (χ0n) is 18.0. The van der Waals surface area contributed by atoms with Crippen LogP contribution in [0.15, 0.2) is 29.3 Å². The lowest BCUT2D eigenvalue weighted by atomic mass is 10.0. The normalized spacial score (nSPS) is 19.2. The van der Waals surface area contributed by atoms with Gasteiger partial charge in [0.1, 0.15) is 0 Å². The van der Waals surface area contributed by atoms with Gasteiger partial charge < -0.3 is 20.4 Å². The maximum absolute atomic E-state index is 12.1. The number of guanidine groups is 1. The number of aliphatic imine (C=N–C) groups is 1. The SMILES string of the molecule is CN=C(NCc1ccc(N2CCCCC2=O)cc1)NC1CCN(C(C)C)CC1.I. The molecule has 1 aromatic rings. The second kappa shape index (κ2) is 11.7. The predicted octanol–water partition coefficient (Wildman–Crippen LogP) is 3.36. The van der Waals surface area contributed by atoms with Gasteiger partial charge in [0.25, 0.3) is 0 Å². The quantitative estimate of drug-likeness (QED) is 0.360. The number of piperidine rings is 2. The largest absolute Gasteiger partial charge is 0.354 e. The molecule has 0 atom stereocenters. The van der Waals surface area contributed by atoms with Crippen LogP contribution >= 0.6 is 24.0 Å². The van der Waals surface area contributed by atoms with Gasteiger partial charge in [0.15, 0.2) is 5.96 Å². The fourth-order valence-electron chi connectivity index (χ4n) is 4.01. The van der Waals surface area contributed by atoms with Crippen molar-refractivity contribution in [3.8, 4) is 0 Å². The number of hydrogen-bond acceptors (Lipinski definition) is 3. The van der Waals surface area contributed by atoms with Crippen LogP contribution in [0, 0.1) is 0 Å². The summed E-state index contributed by atoms with van der Waals surface area (Å²) < 4.78 is 0. The minimum Gasteiger partial charge on any atom is -0.354 e. The van der Waals surface area contributed by atoms with Gasteiger partial charge in [-0.2, -0.15) is 0 Å². The first-order chi connectivity index (χ1) is 13.6. The first-order valence-electron chi connectivity index (χ1n) is 10.7. The molecule has 2 fully saturated rings. The van der Waals surface area contributed by atoms with E-state index in [2.05, 4.69) is 58.6 Å². The summed E-state index contributed by atoms with van der Waals surface area (Å²) in [5.41, 5.74) is 2.19. The molecule has 1 aromatic carbocycles. The lowest BCUT2D eigenvalue weighted by Gasteiger charge is -2.35. The number of carbonyl (C=O) groups is 1. The van der Waals surface area contributed by atoms with E-state index in [1.807, 2.05) is 11.9 Å². The summed E-state index contributed by atoms with van der Waals surface area (Å²) >= 11 is 0. The maximum atomic E-state index is 12.1. The molecule has 2 aliphatic rings. The Balaban J connectivity index is 0.00000300. The number of rotatable bonds is 5. The predicted molar refractivity (Wildman–Crippen MR) is 131 cm³/mol. The molecule has 6 nitrogen and oxygen atoms in total. The monoisotopic (exact) mass is 513 g/mol. The Morgan fingerprint density at radius 1 is 1.14 bits per heavy atom. The van der Waals surface area contributed by atoms with E-state index in [9.17, 15) is 4.79 Å². The molecule has 162 valence electrons. The number of benzene rings is 1. The van der Waals surface area contributed by atoms with E-state index in [0.717, 1.165) is 63.5 Å². The fourth-order valence-corrected chi connectivity index (χ4v) is 4.01. The topological polar surface area (TPSA) is 60.0 Å². The van der Waals surface area contributed by atoms with Crippen LogP contribution < -0.4 is 15.5 Å². The van der Waals surface area contributed by atoms with Crippen molar-refractivity contribution in [3.63, 3.8) is 0 Å². The number of amides is 1. The second-order valence-electron chi connectivity index (χ2n) is 8.14. The molecule has 29 heavy (non-hydrogen) atoms. The summed E-state index contributed by atoms with van der Waals surface area (Å²) in [4.78, 5) is 20.9. The second-order valence-corrected chi connectivity index (χ2v) is 8.14. The Morgan fingerprint density at radius 2 is 1.83 bits per heavy atom. The summed E-state index contributed by atoms with van der Waals surface area (Å²) in [5.74, 6) is 1.10. The van der Waals surface area contributed by atoms with Gasteiger partial charge in [-0.05, 0) is 57.2 Å². The molecule has 7 heteroatoms. The minimum absolute atomic E-state index is 0. The molecule has 2 N–H and O–H groups in total. The van der Waals surface area contributed by atoms with Gasteiger partial charge in [0.05, 0.1) is 0 Å². The van der Waals surface area contributed by atoms with Crippen molar-refractivity contribution in [2.24, 2.45) is 4.99 Å². The Morgan fingerprint density at radius 3 is 2.41 bits per heavy atom. The molecule has 2 saturated heterocycles. The van der Waals surface area contributed by atoms with Crippen molar-refractivity contribution in [3.05, 3.63) is 29.8 Å². The van der Waals surface area contributed by atoms with Gasteiger partial charge in [-0.3, -0.25) is 9.79 Å². The fraction of sp³-hybridized carbons (Fsp3) is 0.636. The molecule has 0 unspecified atom stereocenters. The minimum atomic E-state index is 0. The Hall–Kier alpha value is -1.35. The summed E-state index contributed by atoms with van der Waals surface area (Å²) in [7, 11) is 1.82. The number of nitrogens with one attached hydrogen (secondary N) is 2. The van der Waals surface area contributed by atoms with E-state index in [0.29, 0.717) is 18.5 Å². The third-order valence-electron chi connectivity index (χ3n) is 5.86. The van der Waals surface area contributed by atoms with Gasteiger partial charge in [-0.1, -0.05) is 12.1 Å². The average molecular weight is 513 g/mol. The van der Waals surface area contributed by atoms with Crippen molar-refractivity contribution in [1.29, 1.82) is 0 Å². The zero-order chi connectivity index (χ0) is 19.9. The first kappa shape index (κ1) is 23.9. The summed E-state index contributed by atoms with van der Waals surface area (Å²) in [5, 5.41) is 6.98. The van der Waals surface area contributed by atoms with Crippen LogP contribution in [0.2, 0.25) is 0 Å². The molecule has 0 bridgehead atoms. The number of likely N-dealkylation sites (tertiary alicyclic amines) is 1. The van der Waals surface area contributed by atoms with Gasteiger partial charge in [0, 0.05) is 57.4 Å². The average Bonchev–Trinajstić information content (AvgIpc) is 2.72. The number of anilines is 1. The van der Waals surface area contributed by atoms with E-state index < -0.39 is 0 Å². The van der Waals surface area contributed by atoms with Crippen LogP contribution in [-0.4, -0.2) is 55.5 Å². The van der Waals surface area contributed by atoms with Gasteiger partial charge in [0.2, 0.25) is 5.91 Å². The molecular formula is C22H36IN5O. The Bertz CT molecular complexity index is 668. The lowest BCUT2D eigenvalue weighted by Crippen LogP contribution is -2.49. The number of nitrogens with zero attached hydrogens (tertiary/aromatic N) is 3. The molecule has 0 radical (unpaired) electrons. The summed E-state index contributed by atoms with van der Waals surface area (Å²) in [6.07, 6.45) is 5.07. The van der Waals surface area contributed by atoms with E-state index in [1.54, 1.807) is 0 Å². The van der Waals surface area contributed by atoms with Crippen molar-refractivity contribution < 1.29 is 4.79 Å². The smallest absolute Gasteiger partial charge is 0.226 e. The molecule has 0 saturated carbocycles. The van der Waals surface area contributed by atoms with Gasteiger partial charge in [-0.25, -0.2) is 0 Å². The van der Waals surface area contributed by atoms with E-state index in [-0.39, 0.29) is 29.9 Å². The third kappa shape index (κ3) is 6.84. The zero-order valence-corrected chi connectivity index (χ0v) is 20.3. The molecule has 2 heterocycles. The van der Waals surface area contributed by atoms with Crippen molar-refractivity contribution in [2.45, 2.75) is 64.6 Å². The molecular weight excluding hydrogens is 477 g/mol. The van der Waals surface area contributed by atoms with E-state index in [4.69, 9.17) is 0 Å². The van der Waals surface area contributed by atoms with Crippen LogP contribution in [0.25, 0.3) is 0 Å². The number of carbonyl (C=O) groups excluding carboxylic acids is 1. The van der Waals surface area contributed by atoms with Crippen LogP contribution in [0.5, 0.6) is 0 Å². The van der Waals surface area contributed by atoms with Crippen molar-refractivity contribution in [1.82, 2.24) is 15.5 Å². The first-order valence-corrected chi connectivity index (χ1v) is 10.7. The molecule has 2 aliphatic heterocycles. The van der Waals surface area contributed by atoms with Crippen LogP contribution in [0.1, 0.15) is 51.5 Å². The van der Waals surface area contributed by atoms with Crippen LogP contribution in [-0.2, 0) is 11.3 Å². The van der Waals surface area contributed by atoms with E-state index in [1.165, 1.54) is 5.56 Å². The number of hydrogen-bond donors (Lipinski definition) is 2. The van der Waals surface area contributed by atoms with E-state index >= 15 is 0 Å². The highest BCUT2D eigenvalue weighted by Crippen LogP contribution is 2.21. The van der Waals surface area contributed by atoms with Gasteiger partial charge in [-0.15, -0.1) is 24.0 Å². The summed E-state index contributed by atoms with van der Waals surface area (Å²) in [6.45, 7) is 8.37. The molecule has 3 rings (SSSR count). The Kier molecular flexibility index (Phi) is 9.68. The highest BCUT2D eigenvalue weighted by atomic mass is 127. The maximum Gasteiger partial charge on any atom is 0.226 e. The van der Waals surface area contributed by atoms with Crippen LogP contribution in [0.3, 0.4) is 0 Å². The Labute approximate surface area is 192 Å². The molecule has 0 aromatic heterocycles. The number of halogens is 1.